The number of aromatic nitrogens is 1. The lowest BCUT2D eigenvalue weighted by molar-refractivity contribution is -0.131. The Labute approximate surface area is 222 Å². The fraction of sp³-hybridized carbons (Fsp3) is 0.345. The number of likely N-dealkylation sites (tertiary alicyclic amines) is 1. The molecule has 2 aromatic carbocycles. The van der Waals surface area contributed by atoms with Gasteiger partial charge in [0, 0.05) is 44.4 Å². The molecule has 198 valence electrons. The van der Waals surface area contributed by atoms with Gasteiger partial charge in [0.05, 0.1) is 19.7 Å². The van der Waals surface area contributed by atoms with Crippen molar-refractivity contribution in [3.05, 3.63) is 77.6 Å². The number of pyridine rings is 1. The van der Waals surface area contributed by atoms with E-state index in [1.807, 2.05) is 47.2 Å². The maximum absolute atomic E-state index is 13.3. The van der Waals surface area contributed by atoms with Gasteiger partial charge in [-0.3, -0.25) is 19.5 Å². The van der Waals surface area contributed by atoms with Gasteiger partial charge in [-0.15, -0.1) is 0 Å². The van der Waals surface area contributed by atoms with Crippen molar-refractivity contribution in [1.82, 2.24) is 20.1 Å². The Balaban J connectivity index is 1.39. The van der Waals surface area contributed by atoms with E-state index in [1.54, 1.807) is 37.7 Å². The fourth-order valence-electron chi connectivity index (χ4n) is 5.13. The van der Waals surface area contributed by atoms with Crippen LogP contribution in [0.3, 0.4) is 0 Å². The summed E-state index contributed by atoms with van der Waals surface area (Å²) < 4.78 is 11.6. The molecule has 2 N–H and O–H groups in total. The van der Waals surface area contributed by atoms with Crippen LogP contribution in [0.15, 0.2) is 60.9 Å². The van der Waals surface area contributed by atoms with Crippen LogP contribution in [0.1, 0.15) is 29.0 Å². The number of carbonyl (C=O) groups is 2. The maximum atomic E-state index is 13.3. The summed E-state index contributed by atoms with van der Waals surface area (Å²) in [5.74, 6) is 1.10. The average Bonchev–Trinajstić information content (AvgIpc) is 3.33. The van der Waals surface area contributed by atoms with Crippen molar-refractivity contribution in [2.75, 3.05) is 33.8 Å². The second kappa shape index (κ2) is 11.1. The molecule has 0 unspecified atom stereocenters. The van der Waals surface area contributed by atoms with E-state index in [2.05, 4.69) is 10.3 Å². The van der Waals surface area contributed by atoms with Crippen LogP contribution in [-0.4, -0.2) is 71.5 Å². The summed E-state index contributed by atoms with van der Waals surface area (Å²) in [5, 5.41) is 13.6. The van der Waals surface area contributed by atoms with E-state index < -0.39 is 0 Å². The molecule has 5 rings (SSSR count). The van der Waals surface area contributed by atoms with Gasteiger partial charge in [-0.05, 0) is 66.6 Å². The van der Waals surface area contributed by atoms with Crippen LogP contribution in [0.2, 0.25) is 0 Å². The number of rotatable bonds is 5. The van der Waals surface area contributed by atoms with E-state index in [1.165, 1.54) is 0 Å². The number of phenols is 1. The van der Waals surface area contributed by atoms with Gasteiger partial charge in [-0.2, -0.15) is 0 Å². The van der Waals surface area contributed by atoms with Gasteiger partial charge < -0.3 is 24.8 Å². The lowest BCUT2D eigenvalue weighted by atomic mass is 9.93. The van der Waals surface area contributed by atoms with Crippen molar-refractivity contribution < 1.29 is 24.2 Å². The molecule has 2 aliphatic heterocycles. The smallest absolute Gasteiger partial charge is 0.236 e. The molecular weight excluding hydrogens is 484 g/mol. The van der Waals surface area contributed by atoms with Crippen molar-refractivity contribution in [1.29, 1.82) is 0 Å². The standard InChI is InChI=1S/C29H32N4O5/c1-32(15-20-9-11-30-12-10-20)18-29(36)33-16-22-21-5-7-25(37-2)27(14-21)38-26-13-19(3-6-24(26)34)4-8-28(35)31-23(22)17-33/h3,5-7,9-14,22-23,34H,4,8,15-18H2,1-2H3,(H,31,35)/t22-,23+/m0/s1. The predicted molar refractivity (Wildman–Crippen MR) is 141 cm³/mol. The van der Waals surface area contributed by atoms with E-state index in [0.717, 1.165) is 16.7 Å². The maximum Gasteiger partial charge on any atom is 0.236 e. The predicted octanol–water partition coefficient (Wildman–Crippen LogP) is 3.08. The second-order valence-electron chi connectivity index (χ2n) is 9.92. The van der Waals surface area contributed by atoms with Gasteiger partial charge in [-0.25, -0.2) is 0 Å². The lowest BCUT2D eigenvalue weighted by Gasteiger charge is -2.22. The minimum Gasteiger partial charge on any atom is -0.504 e. The number of aromatic hydroxyl groups is 1. The summed E-state index contributed by atoms with van der Waals surface area (Å²) in [5.41, 5.74) is 2.88. The summed E-state index contributed by atoms with van der Waals surface area (Å²) in [6.07, 6.45) is 4.27. The van der Waals surface area contributed by atoms with Crippen molar-refractivity contribution >= 4 is 11.8 Å². The lowest BCUT2D eigenvalue weighted by Crippen LogP contribution is -2.42. The Morgan fingerprint density at radius 2 is 1.95 bits per heavy atom. The number of phenolic OH excluding ortho intramolecular Hbond substituents is 1. The number of hydrogen-bond acceptors (Lipinski definition) is 7. The molecule has 0 saturated carbocycles. The SMILES string of the molecule is COc1ccc2cc1Oc1cc(ccc1O)CCC(=O)N[C@@H]1CN(C(=O)CN(C)Cc3ccncc3)C[C@@H]21. The first kappa shape index (κ1) is 25.5. The number of nitrogens with one attached hydrogen (secondary N) is 1. The molecule has 4 bridgehead atoms. The molecular formula is C29H32N4O5. The number of benzene rings is 2. The number of aryl methyl sites for hydroxylation is 1. The number of amides is 2. The van der Waals surface area contributed by atoms with Crippen LogP contribution in [0.5, 0.6) is 23.0 Å². The zero-order valence-corrected chi connectivity index (χ0v) is 21.6. The van der Waals surface area contributed by atoms with Gasteiger partial charge >= 0.3 is 0 Å². The monoisotopic (exact) mass is 516 g/mol. The highest BCUT2D eigenvalue weighted by Crippen LogP contribution is 2.40. The van der Waals surface area contributed by atoms with E-state index in [4.69, 9.17) is 9.47 Å². The Bertz CT molecular complexity index is 1320. The van der Waals surface area contributed by atoms with Crippen molar-refractivity contribution in [2.45, 2.75) is 31.3 Å². The first-order valence-electron chi connectivity index (χ1n) is 12.7. The first-order chi connectivity index (χ1) is 18.4. The number of fused-ring (bicyclic) bond motifs is 6. The van der Waals surface area contributed by atoms with Crippen LogP contribution in [0, 0.1) is 0 Å². The molecule has 0 radical (unpaired) electrons. The van der Waals surface area contributed by atoms with Gasteiger partial charge in [0.15, 0.2) is 23.0 Å². The Morgan fingerprint density at radius 1 is 1.13 bits per heavy atom. The summed E-state index contributed by atoms with van der Waals surface area (Å²) in [6, 6.07) is 14.4. The average molecular weight is 517 g/mol. The quantitative estimate of drug-likeness (QED) is 0.537. The van der Waals surface area contributed by atoms with E-state index in [0.29, 0.717) is 43.3 Å². The highest BCUT2D eigenvalue weighted by atomic mass is 16.5. The second-order valence-corrected chi connectivity index (χ2v) is 9.92. The van der Waals surface area contributed by atoms with Gasteiger partial charge in [0.2, 0.25) is 11.8 Å². The zero-order chi connectivity index (χ0) is 26.6. The van der Waals surface area contributed by atoms with Gasteiger partial charge in [0.25, 0.3) is 0 Å². The van der Waals surface area contributed by atoms with Crippen LogP contribution >= 0.6 is 0 Å². The van der Waals surface area contributed by atoms with Crippen molar-refractivity contribution in [2.24, 2.45) is 0 Å². The molecule has 9 nitrogen and oxygen atoms in total. The van der Waals surface area contributed by atoms with E-state index >= 15 is 0 Å². The van der Waals surface area contributed by atoms with Crippen LogP contribution in [0.4, 0.5) is 0 Å². The number of ether oxygens (including phenoxy) is 2. The molecule has 0 spiro atoms. The molecule has 38 heavy (non-hydrogen) atoms. The zero-order valence-electron chi connectivity index (χ0n) is 21.6. The Kier molecular flexibility index (Phi) is 7.46. The number of methoxy groups -OCH3 is 1. The van der Waals surface area contributed by atoms with Crippen molar-refractivity contribution in [3.63, 3.8) is 0 Å². The van der Waals surface area contributed by atoms with Crippen LogP contribution < -0.4 is 14.8 Å². The molecule has 1 saturated heterocycles. The summed E-state index contributed by atoms with van der Waals surface area (Å²) in [7, 11) is 3.48. The third-order valence-electron chi connectivity index (χ3n) is 7.13. The topological polar surface area (TPSA) is 104 Å². The van der Waals surface area contributed by atoms with Gasteiger partial charge in [0.1, 0.15) is 0 Å². The molecule has 2 aliphatic rings. The van der Waals surface area contributed by atoms with Crippen LogP contribution in [-0.2, 0) is 22.6 Å². The molecule has 1 aromatic heterocycles. The normalized spacial score (nSPS) is 18.9. The minimum absolute atomic E-state index is 0.00642. The highest BCUT2D eigenvalue weighted by molar-refractivity contribution is 5.80. The summed E-state index contributed by atoms with van der Waals surface area (Å²) in [6.45, 7) is 1.80. The van der Waals surface area contributed by atoms with Gasteiger partial charge in [-0.1, -0.05) is 12.1 Å². The summed E-state index contributed by atoms with van der Waals surface area (Å²) in [4.78, 5) is 34.1. The fourth-order valence-corrected chi connectivity index (χ4v) is 5.13. The number of carbonyl (C=O) groups excluding carboxylic acids is 2. The molecule has 2 amide bonds. The van der Waals surface area contributed by atoms with Crippen molar-refractivity contribution in [3.8, 4) is 23.0 Å². The Morgan fingerprint density at radius 3 is 2.74 bits per heavy atom. The molecule has 9 heteroatoms. The molecule has 3 heterocycles. The minimum atomic E-state index is -0.240. The first-order valence-corrected chi connectivity index (χ1v) is 12.7. The van der Waals surface area contributed by atoms with E-state index in [9.17, 15) is 14.7 Å². The third-order valence-corrected chi connectivity index (χ3v) is 7.13. The molecule has 3 aromatic rings. The number of nitrogens with zero attached hydrogens (tertiary/aromatic N) is 3. The van der Waals surface area contributed by atoms with E-state index in [-0.39, 0.29) is 42.5 Å². The number of likely N-dealkylation sites (N-methyl/N-ethyl adjacent to an activating group) is 1. The Hall–Kier alpha value is -4.11. The summed E-state index contributed by atoms with van der Waals surface area (Å²) >= 11 is 0. The highest BCUT2D eigenvalue weighted by Gasteiger charge is 2.37. The largest absolute Gasteiger partial charge is 0.504 e. The molecule has 0 aliphatic carbocycles. The number of hydrogen-bond donors (Lipinski definition) is 2. The van der Waals surface area contributed by atoms with Crippen LogP contribution in [0.25, 0.3) is 0 Å². The third kappa shape index (κ3) is 5.73. The molecule has 2 atom stereocenters. The molecule has 1 fully saturated rings.